The summed E-state index contributed by atoms with van der Waals surface area (Å²) in [5.74, 6) is -5.44. The summed E-state index contributed by atoms with van der Waals surface area (Å²) in [5.41, 5.74) is 4.85. The van der Waals surface area contributed by atoms with Crippen molar-refractivity contribution < 1.29 is 23.4 Å². The van der Waals surface area contributed by atoms with Gasteiger partial charge in [0.15, 0.2) is 17.5 Å². The number of aliphatic hydroxyl groups is 1. The fourth-order valence-electron chi connectivity index (χ4n) is 1.23. The van der Waals surface area contributed by atoms with E-state index in [4.69, 9.17) is 10.8 Å². The summed E-state index contributed by atoms with van der Waals surface area (Å²) in [7, 11) is 0. The van der Waals surface area contributed by atoms with Gasteiger partial charge >= 0.3 is 0 Å². The van der Waals surface area contributed by atoms with Crippen molar-refractivity contribution in [2.75, 3.05) is 6.61 Å². The Kier molecular flexibility index (Phi) is 5.57. The van der Waals surface area contributed by atoms with Crippen molar-refractivity contribution in [1.82, 2.24) is 0 Å². The highest BCUT2D eigenvalue weighted by atomic mass is 35.5. The lowest BCUT2D eigenvalue weighted by atomic mass is 10.0. The summed E-state index contributed by atoms with van der Waals surface area (Å²) in [5, 5.41) is 17.7. The molecule has 0 aromatic heterocycles. The Bertz CT molecular complexity index is 376. The number of hydrogen-bond donors (Lipinski definition) is 3. The van der Waals surface area contributed by atoms with Gasteiger partial charge in [0, 0.05) is 24.3 Å². The molecule has 0 saturated carbocycles. The van der Waals surface area contributed by atoms with Gasteiger partial charge in [0.25, 0.3) is 0 Å². The number of aromatic hydroxyl groups is 1. The monoisotopic (exact) mass is 257 g/mol. The van der Waals surface area contributed by atoms with Crippen LogP contribution < -0.4 is 5.73 Å². The zero-order valence-electron chi connectivity index (χ0n) is 8.08. The van der Waals surface area contributed by atoms with Gasteiger partial charge in [-0.25, -0.2) is 13.2 Å². The number of benzene rings is 1. The first kappa shape index (κ1) is 15.0. The van der Waals surface area contributed by atoms with Gasteiger partial charge < -0.3 is 15.9 Å². The van der Waals surface area contributed by atoms with E-state index in [1.807, 2.05) is 0 Å². The Labute approximate surface area is 96.1 Å². The first-order valence-electron chi connectivity index (χ1n) is 4.21. The summed E-state index contributed by atoms with van der Waals surface area (Å²) in [6.07, 6.45) is -0.0600. The van der Waals surface area contributed by atoms with Crippen LogP contribution in [-0.2, 0) is 0 Å². The Morgan fingerprint density at radius 1 is 1.25 bits per heavy atom. The van der Waals surface area contributed by atoms with Crippen molar-refractivity contribution >= 4 is 12.4 Å². The minimum absolute atomic E-state index is 0. The molecule has 0 aliphatic heterocycles. The van der Waals surface area contributed by atoms with Crippen LogP contribution in [-0.4, -0.2) is 16.8 Å². The molecular formula is C9H11ClF3NO2. The molecule has 1 aromatic carbocycles. The van der Waals surface area contributed by atoms with Crippen LogP contribution in [0.15, 0.2) is 6.07 Å². The zero-order valence-corrected chi connectivity index (χ0v) is 8.90. The molecule has 0 amide bonds. The molecule has 0 aliphatic carbocycles. The van der Waals surface area contributed by atoms with E-state index in [9.17, 15) is 18.3 Å². The van der Waals surface area contributed by atoms with Gasteiger partial charge in [0.2, 0.25) is 0 Å². The van der Waals surface area contributed by atoms with E-state index in [0.717, 1.165) is 0 Å². The molecule has 0 unspecified atom stereocenters. The van der Waals surface area contributed by atoms with Crippen LogP contribution in [0.4, 0.5) is 13.2 Å². The van der Waals surface area contributed by atoms with E-state index < -0.39 is 34.8 Å². The number of phenolic OH excluding ortho intramolecular Hbond substituents is 1. The molecule has 1 aromatic rings. The minimum Gasteiger partial charge on any atom is -0.507 e. The molecule has 16 heavy (non-hydrogen) atoms. The predicted molar refractivity (Wildman–Crippen MR) is 53.9 cm³/mol. The Morgan fingerprint density at radius 3 is 2.31 bits per heavy atom. The Hall–Kier alpha value is -0.980. The van der Waals surface area contributed by atoms with Crippen molar-refractivity contribution in [2.24, 2.45) is 5.73 Å². The van der Waals surface area contributed by atoms with Crippen LogP contribution in [0.2, 0.25) is 0 Å². The predicted octanol–water partition coefficient (Wildman–Crippen LogP) is 1.61. The van der Waals surface area contributed by atoms with Gasteiger partial charge in [-0.05, 0) is 6.42 Å². The highest BCUT2D eigenvalue weighted by Gasteiger charge is 2.22. The Morgan fingerprint density at radius 2 is 1.81 bits per heavy atom. The second-order valence-corrected chi connectivity index (χ2v) is 3.04. The molecule has 0 heterocycles. The van der Waals surface area contributed by atoms with E-state index in [1.165, 1.54) is 0 Å². The van der Waals surface area contributed by atoms with Crippen LogP contribution in [0, 0.1) is 17.5 Å². The molecule has 1 rings (SSSR count). The summed E-state index contributed by atoms with van der Waals surface area (Å²) >= 11 is 0. The number of phenols is 1. The maximum Gasteiger partial charge on any atom is 0.195 e. The fourth-order valence-corrected chi connectivity index (χ4v) is 1.23. The van der Waals surface area contributed by atoms with E-state index in [0.29, 0.717) is 6.07 Å². The number of rotatable bonds is 3. The fraction of sp³-hybridized carbons (Fsp3) is 0.333. The van der Waals surface area contributed by atoms with Crippen LogP contribution in [0.25, 0.3) is 0 Å². The molecule has 0 bridgehead atoms. The molecule has 0 radical (unpaired) electrons. The van der Waals surface area contributed by atoms with Crippen LogP contribution in [0.3, 0.4) is 0 Å². The first-order chi connectivity index (χ1) is 6.99. The number of nitrogens with two attached hydrogens (primary N) is 1. The van der Waals surface area contributed by atoms with E-state index in [2.05, 4.69) is 0 Å². The largest absolute Gasteiger partial charge is 0.507 e. The SMILES string of the molecule is Cl.N[C@@H](CCO)c1c(O)cc(F)c(F)c1F. The third-order valence-electron chi connectivity index (χ3n) is 1.99. The van der Waals surface area contributed by atoms with Crippen molar-refractivity contribution in [2.45, 2.75) is 12.5 Å². The topological polar surface area (TPSA) is 66.5 Å². The standard InChI is InChI=1S/C9H10F3NO2.ClH/c10-4-3-6(15)7(5(13)1-2-14)9(12)8(4)11;/h3,5,14-15H,1-2,13H2;1H/t5-;/m0./s1. The lowest BCUT2D eigenvalue weighted by molar-refractivity contribution is 0.273. The van der Waals surface area contributed by atoms with Gasteiger partial charge in [-0.15, -0.1) is 12.4 Å². The second-order valence-electron chi connectivity index (χ2n) is 3.04. The van der Waals surface area contributed by atoms with Crippen molar-refractivity contribution in [3.05, 3.63) is 29.1 Å². The molecule has 4 N–H and O–H groups in total. The molecule has 0 aliphatic rings. The second kappa shape index (κ2) is 5.93. The summed E-state index contributed by atoms with van der Waals surface area (Å²) in [6, 6.07) is -0.629. The quantitative estimate of drug-likeness (QED) is 0.721. The number of halogens is 4. The van der Waals surface area contributed by atoms with E-state index in [1.54, 1.807) is 0 Å². The lowest BCUT2D eigenvalue weighted by Gasteiger charge is -2.13. The number of hydrogen-bond acceptors (Lipinski definition) is 3. The lowest BCUT2D eigenvalue weighted by Crippen LogP contribution is -2.15. The number of aliphatic hydroxyl groups excluding tert-OH is 1. The van der Waals surface area contributed by atoms with Crippen molar-refractivity contribution in [1.29, 1.82) is 0 Å². The van der Waals surface area contributed by atoms with Crippen LogP contribution >= 0.6 is 12.4 Å². The maximum absolute atomic E-state index is 13.2. The molecular weight excluding hydrogens is 247 g/mol. The summed E-state index contributed by atoms with van der Waals surface area (Å²) in [4.78, 5) is 0. The molecule has 7 heteroatoms. The highest BCUT2D eigenvalue weighted by Crippen LogP contribution is 2.30. The van der Waals surface area contributed by atoms with Gasteiger partial charge in [0.1, 0.15) is 5.75 Å². The average molecular weight is 258 g/mol. The average Bonchev–Trinajstić information content (AvgIpc) is 2.15. The molecule has 1 atom stereocenters. The van der Waals surface area contributed by atoms with Crippen LogP contribution in [0.1, 0.15) is 18.0 Å². The normalized spacial score (nSPS) is 12.1. The van der Waals surface area contributed by atoms with Crippen molar-refractivity contribution in [3.8, 4) is 5.75 Å². The molecule has 92 valence electrons. The minimum atomic E-state index is -1.68. The van der Waals surface area contributed by atoms with Gasteiger partial charge in [-0.3, -0.25) is 0 Å². The van der Waals surface area contributed by atoms with Gasteiger partial charge in [-0.1, -0.05) is 0 Å². The van der Waals surface area contributed by atoms with Crippen molar-refractivity contribution in [3.63, 3.8) is 0 Å². The molecule has 0 fully saturated rings. The molecule has 0 spiro atoms. The highest BCUT2D eigenvalue weighted by molar-refractivity contribution is 5.85. The first-order valence-corrected chi connectivity index (χ1v) is 4.21. The smallest absolute Gasteiger partial charge is 0.195 e. The third kappa shape index (κ3) is 2.78. The maximum atomic E-state index is 13.2. The van der Waals surface area contributed by atoms with Gasteiger partial charge in [-0.2, -0.15) is 0 Å². The molecule has 3 nitrogen and oxygen atoms in total. The van der Waals surface area contributed by atoms with Crippen LogP contribution in [0.5, 0.6) is 5.75 Å². The van der Waals surface area contributed by atoms with E-state index in [-0.39, 0.29) is 25.4 Å². The summed E-state index contributed by atoms with van der Waals surface area (Å²) in [6.45, 7) is -0.348. The van der Waals surface area contributed by atoms with Gasteiger partial charge in [0.05, 0.1) is 0 Å². The molecule has 0 saturated heterocycles. The van der Waals surface area contributed by atoms with E-state index >= 15 is 0 Å². The Balaban J connectivity index is 0.00000225. The third-order valence-corrected chi connectivity index (χ3v) is 1.99. The summed E-state index contributed by atoms with van der Waals surface area (Å²) < 4.78 is 38.6. The zero-order chi connectivity index (χ0) is 11.6.